The summed E-state index contributed by atoms with van der Waals surface area (Å²) in [4.78, 5) is 13.1. The molecule has 0 unspecified atom stereocenters. The molecule has 0 N–H and O–H groups in total. The van der Waals surface area contributed by atoms with Crippen molar-refractivity contribution < 1.29 is 22.4 Å². The van der Waals surface area contributed by atoms with Crippen molar-refractivity contribution in [2.24, 2.45) is 7.05 Å². The molecule has 0 fully saturated rings. The first-order valence-corrected chi connectivity index (χ1v) is 7.59. The van der Waals surface area contributed by atoms with E-state index >= 15 is 0 Å². The zero-order chi connectivity index (χ0) is 17.5. The van der Waals surface area contributed by atoms with Crippen LogP contribution in [0.25, 0.3) is 10.6 Å². The molecule has 24 heavy (non-hydrogen) atoms. The van der Waals surface area contributed by atoms with Crippen LogP contribution in [0.3, 0.4) is 0 Å². The summed E-state index contributed by atoms with van der Waals surface area (Å²) in [5.74, 6) is -0.773. The number of halogens is 4. The highest BCUT2D eigenvalue weighted by Gasteiger charge is 2.35. The number of hydrogen-bond donors (Lipinski definition) is 0. The SMILES string of the molecule is Cn1nc(-c2ccc(C(=O)c3ccc(F)cc3)s2)cc1C(F)(F)F. The highest BCUT2D eigenvalue weighted by molar-refractivity contribution is 7.17. The molecule has 0 saturated heterocycles. The van der Waals surface area contributed by atoms with Crippen LogP contribution in [0.1, 0.15) is 20.9 Å². The zero-order valence-corrected chi connectivity index (χ0v) is 13.1. The number of alkyl halides is 3. The van der Waals surface area contributed by atoms with Crippen molar-refractivity contribution in [3.8, 4) is 10.6 Å². The number of carbonyl (C=O) groups is 1. The highest BCUT2D eigenvalue weighted by Crippen LogP contribution is 2.34. The van der Waals surface area contributed by atoms with Gasteiger partial charge in [-0.1, -0.05) is 0 Å². The Kier molecular flexibility index (Phi) is 4.00. The maximum atomic E-state index is 12.9. The molecule has 0 atom stereocenters. The van der Waals surface area contributed by atoms with Gasteiger partial charge in [-0.2, -0.15) is 18.3 Å². The molecule has 0 amide bonds. The molecule has 0 spiro atoms. The van der Waals surface area contributed by atoms with Gasteiger partial charge in [0.15, 0.2) is 0 Å². The van der Waals surface area contributed by atoms with Crippen molar-refractivity contribution in [1.29, 1.82) is 0 Å². The minimum absolute atomic E-state index is 0.146. The van der Waals surface area contributed by atoms with Crippen LogP contribution in [0.15, 0.2) is 42.5 Å². The second kappa shape index (κ2) is 5.86. The predicted molar refractivity (Wildman–Crippen MR) is 81.4 cm³/mol. The molecule has 0 aliphatic rings. The molecule has 124 valence electrons. The Labute approximate surface area is 138 Å². The van der Waals surface area contributed by atoms with E-state index in [1.54, 1.807) is 6.07 Å². The highest BCUT2D eigenvalue weighted by atomic mass is 32.1. The third kappa shape index (κ3) is 3.09. The van der Waals surface area contributed by atoms with Crippen molar-refractivity contribution in [2.75, 3.05) is 0 Å². The normalized spacial score (nSPS) is 11.7. The second-order valence-electron chi connectivity index (χ2n) is 5.04. The van der Waals surface area contributed by atoms with E-state index in [1.165, 1.54) is 37.4 Å². The monoisotopic (exact) mass is 354 g/mol. The van der Waals surface area contributed by atoms with Crippen LogP contribution in [0.5, 0.6) is 0 Å². The summed E-state index contributed by atoms with van der Waals surface area (Å²) >= 11 is 1.04. The Morgan fingerprint density at radius 3 is 2.38 bits per heavy atom. The number of nitrogens with zero attached hydrogens (tertiary/aromatic N) is 2. The zero-order valence-electron chi connectivity index (χ0n) is 12.3. The Hall–Kier alpha value is -2.48. The lowest BCUT2D eigenvalue weighted by Crippen LogP contribution is -2.11. The van der Waals surface area contributed by atoms with Crippen LogP contribution < -0.4 is 0 Å². The molecule has 3 nitrogen and oxygen atoms in total. The molecule has 3 rings (SSSR count). The Bertz CT molecular complexity index is 894. The van der Waals surface area contributed by atoms with Crippen molar-refractivity contribution in [1.82, 2.24) is 9.78 Å². The van der Waals surface area contributed by atoms with Gasteiger partial charge in [-0.15, -0.1) is 11.3 Å². The van der Waals surface area contributed by atoms with Crippen LogP contribution >= 0.6 is 11.3 Å². The molecule has 0 aliphatic heterocycles. The van der Waals surface area contributed by atoms with Crippen molar-refractivity contribution in [2.45, 2.75) is 6.18 Å². The fourth-order valence-electron chi connectivity index (χ4n) is 2.19. The molecule has 0 radical (unpaired) electrons. The van der Waals surface area contributed by atoms with Gasteiger partial charge in [0.1, 0.15) is 17.2 Å². The fourth-order valence-corrected chi connectivity index (χ4v) is 3.12. The standard InChI is InChI=1S/C16H10F4N2OS/c1-22-14(16(18,19)20)8-11(21-22)12-6-7-13(24-12)15(23)9-2-4-10(17)5-3-9/h2-8H,1H3. The van der Waals surface area contributed by atoms with Gasteiger partial charge in [0.05, 0.1) is 9.75 Å². The summed E-state index contributed by atoms with van der Waals surface area (Å²) in [6.07, 6.45) is -4.50. The lowest BCUT2D eigenvalue weighted by atomic mass is 10.1. The topological polar surface area (TPSA) is 34.9 Å². The summed E-state index contributed by atoms with van der Waals surface area (Å²) in [6.45, 7) is 0. The fraction of sp³-hybridized carbons (Fsp3) is 0.125. The lowest BCUT2D eigenvalue weighted by molar-refractivity contribution is -0.143. The molecule has 1 aromatic carbocycles. The van der Waals surface area contributed by atoms with Crippen LogP contribution in [-0.2, 0) is 13.2 Å². The minimum atomic E-state index is -4.50. The molecule has 8 heteroatoms. The maximum Gasteiger partial charge on any atom is 0.433 e. The largest absolute Gasteiger partial charge is 0.433 e. The summed E-state index contributed by atoms with van der Waals surface area (Å²) < 4.78 is 52.1. The van der Waals surface area contributed by atoms with E-state index in [-0.39, 0.29) is 11.5 Å². The number of ketones is 1. The average Bonchev–Trinajstić information content (AvgIpc) is 3.13. The lowest BCUT2D eigenvalue weighted by Gasteiger charge is -2.04. The summed E-state index contributed by atoms with van der Waals surface area (Å²) in [7, 11) is 1.21. The average molecular weight is 354 g/mol. The van der Waals surface area contributed by atoms with E-state index in [9.17, 15) is 22.4 Å². The second-order valence-corrected chi connectivity index (χ2v) is 6.12. The number of thiophene rings is 1. The van der Waals surface area contributed by atoms with E-state index in [0.29, 0.717) is 15.3 Å². The Morgan fingerprint density at radius 2 is 1.79 bits per heavy atom. The van der Waals surface area contributed by atoms with E-state index < -0.39 is 17.7 Å². The first kappa shape index (κ1) is 16.4. The van der Waals surface area contributed by atoms with Crippen molar-refractivity contribution in [3.05, 3.63) is 64.4 Å². The molecule has 3 aromatic rings. The van der Waals surface area contributed by atoms with E-state index in [4.69, 9.17) is 0 Å². The first-order chi connectivity index (χ1) is 11.3. The maximum absolute atomic E-state index is 12.9. The molecular weight excluding hydrogens is 344 g/mol. The summed E-state index contributed by atoms with van der Waals surface area (Å²) in [5.41, 5.74) is -0.410. The molecule has 0 aliphatic carbocycles. The summed E-state index contributed by atoms with van der Waals surface area (Å²) in [5, 5.41) is 3.85. The van der Waals surface area contributed by atoms with Crippen molar-refractivity contribution >= 4 is 17.1 Å². The van der Waals surface area contributed by atoms with Gasteiger partial charge < -0.3 is 0 Å². The molecule has 0 bridgehead atoms. The summed E-state index contributed by atoms with van der Waals surface area (Å²) in [6, 6.07) is 9.08. The van der Waals surface area contributed by atoms with E-state index in [1.807, 2.05) is 0 Å². The van der Waals surface area contributed by atoms with Gasteiger partial charge in [-0.25, -0.2) is 4.39 Å². The number of rotatable bonds is 3. The Morgan fingerprint density at radius 1 is 1.12 bits per heavy atom. The third-order valence-electron chi connectivity index (χ3n) is 3.36. The smallest absolute Gasteiger partial charge is 0.288 e. The quantitative estimate of drug-likeness (QED) is 0.511. The molecule has 2 aromatic heterocycles. The number of carbonyl (C=O) groups excluding carboxylic acids is 1. The van der Waals surface area contributed by atoms with Gasteiger partial charge in [0, 0.05) is 12.6 Å². The number of aromatic nitrogens is 2. The number of benzene rings is 1. The van der Waals surface area contributed by atoms with Gasteiger partial charge >= 0.3 is 6.18 Å². The van der Waals surface area contributed by atoms with Gasteiger partial charge in [-0.3, -0.25) is 9.48 Å². The van der Waals surface area contributed by atoms with E-state index in [0.717, 1.165) is 22.1 Å². The first-order valence-electron chi connectivity index (χ1n) is 6.77. The van der Waals surface area contributed by atoms with Crippen LogP contribution in [0, 0.1) is 5.82 Å². The van der Waals surface area contributed by atoms with E-state index in [2.05, 4.69) is 5.10 Å². The predicted octanol–water partition coefficient (Wildman–Crippen LogP) is 4.54. The Balaban J connectivity index is 1.91. The van der Waals surface area contributed by atoms with Gasteiger partial charge in [-0.05, 0) is 42.5 Å². The number of hydrogen-bond acceptors (Lipinski definition) is 3. The van der Waals surface area contributed by atoms with Gasteiger partial charge in [0.2, 0.25) is 5.78 Å². The van der Waals surface area contributed by atoms with Crippen LogP contribution in [0.2, 0.25) is 0 Å². The molecule has 2 heterocycles. The third-order valence-corrected chi connectivity index (χ3v) is 4.47. The number of aryl methyl sites for hydroxylation is 1. The van der Waals surface area contributed by atoms with Crippen LogP contribution in [-0.4, -0.2) is 15.6 Å². The van der Waals surface area contributed by atoms with Crippen LogP contribution in [0.4, 0.5) is 17.6 Å². The van der Waals surface area contributed by atoms with Crippen molar-refractivity contribution in [3.63, 3.8) is 0 Å². The molecule has 0 saturated carbocycles. The molecular formula is C16H10F4N2OS. The minimum Gasteiger partial charge on any atom is -0.288 e. The van der Waals surface area contributed by atoms with Gasteiger partial charge in [0.25, 0.3) is 0 Å².